The molecule has 0 saturated heterocycles. The molecular weight excluding hydrogens is 255 g/mol. The highest BCUT2D eigenvalue weighted by Gasteiger charge is 2.07. The fourth-order valence-electron chi connectivity index (χ4n) is 2.07. The van der Waals surface area contributed by atoms with Gasteiger partial charge in [0.1, 0.15) is 5.82 Å². The molecule has 1 aromatic heterocycles. The quantitative estimate of drug-likeness (QED) is 0.849. The minimum atomic E-state index is -0.327. The van der Waals surface area contributed by atoms with Crippen LogP contribution in [0.4, 0.5) is 10.1 Å². The summed E-state index contributed by atoms with van der Waals surface area (Å²) >= 11 is 0. The maximum atomic E-state index is 12.8. The van der Waals surface area contributed by atoms with Gasteiger partial charge in [-0.15, -0.1) is 0 Å². The highest BCUT2D eigenvalue weighted by atomic mass is 19.1. The van der Waals surface area contributed by atoms with E-state index < -0.39 is 0 Å². The lowest BCUT2D eigenvalue weighted by atomic mass is 10.1. The minimum absolute atomic E-state index is 0.00342. The second kappa shape index (κ2) is 7.01. The number of benzene rings is 1. The van der Waals surface area contributed by atoms with E-state index in [1.807, 2.05) is 25.1 Å². The van der Waals surface area contributed by atoms with Gasteiger partial charge in [-0.25, -0.2) is 4.39 Å². The number of hydrogen-bond acceptors (Lipinski definition) is 3. The highest BCUT2D eigenvalue weighted by Crippen LogP contribution is 2.19. The first kappa shape index (κ1) is 14.5. The number of nitrogens with zero attached hydrogens (tertiary/aromatic N) is 1. The topological polar surface area (TPSA) is 45.1 Å². The molecule has 0 aliphatic carbocycles. The molecule has 2 aromatic rings. The van der Waals surface area contributed by atoms with Gasteiger partial charge in [-0.05, 0) is 49.6 Å². The monoisotopic (exact) mass is 274 g/mol. The smallest absolute Gasteiger partial charge is 0.141 e. The molecular formula is C16H19FN2O. The van der Waals surface area contributed by atoms with Crippen molar-refractivity contribution in [3.05, 3.63) is 59.7 Å². The van der Waals surface area contributed by atoms with E-state index in [1.165, 1.54) is 17.8 Å². The maximum absolute atomic E-state index is 12.8. The van der Waals surface area contributed by atoms with Gasteiger partial charge in [0.05, 0.1) is 17.9 Å². The fraction of sp³-hybridized carbons (Fsp3) is 0.312. The fourth-order valence-corrected chi connectivity index (χ4v) is 2.07. The second-order valence-corrected chi connectivity index (χ2v) is 4.79. The van der Waals surface area contributed by atoms with Crippen molar-refractivity contribution in [2.75, 3.05) is 11.9 Å². The van der Waals surface area contributed by atoms with Crippen molar-refractivity contribution in [2.24, 2.45) is 0 Å². The van der Waals surface area contributed by atoms with Gasteiger partial charge in [0.15, 0.2) is 0 Å². The number of rotatable bonds is 6. The normalized spacial score (nSPS) is 12.2. The molecule has 4 heteroatoms. The van der Waals surface area contributed by atoms with Crippen LogP contribution in [0.15, 0.2) is 42.6 Å². The van der Waals surface area contributed by atoms with E-state index in [2.05, 4.69) is 16.4 Å². The number of aromatic nitrogens is 1. The summed E-state index contributed by atoms with van der Waals surface area (Å²) in [7, 11) is 0. The summed E-state index contributed by atoms with van der Waals surface area (Å²) in [4.78, 5) is 4.08. The summed E-state index contributed by atoms with van der Waals surface area (Å²) in [5.74, 6) is -0.327. The summed E-state index contributed by atoms with van der Waals surface area (Å²) < 4.78 is 12.8. The molecule has 1 heterocycles. The molecule has 1 unspecified atom stereocenters. The van der Waals surface area contributed by atoms with Crippen molar-refractivity contribution in [3.63, 3.8) is 0 Å². The SMILES string of the molecule is CC(Nc1cccc(CCCO)c1)c1ccc(F)cn1. The van der Waals surface area contributed by atoms with Crippen LogP contribution in [0, 0.1) is 5.82 Å². The molecule has 0 spiro atoms. The van der Waals surface area contributed by atoms with Gasteiger partial charge in [-0.2, -0.15) is 0 Å². The van der Waals surface area contributed by atoms with Crippen LogP contribution in [-0.4, -0.2) is 16.7 Å². The van der Waals surface area contributed by atoms with Gasteiger partial charge in [-0.3, -0.25) is 4.98 Å². The Bertz CT molecular complexity index is 542. The minimum Gasteiger partial charge on any atom is -0.396 e. The van der Waals surface area contributed by atoms with Gasteiger partial charge in [0, 0.05) is 12.3 Å². The largest absolute Gasteiger partial charge is 0.396 e. The van der Waals surface area contributed by atoms with Crippen LogP contribution >= 0.6 is 0 Å². The van der Waals surface area contributed by atoms with E-state index in [0.29, 0.717) is 0 Å². The molecule has 0 aliphatic heterocycles. The predicted octanol–water partition coefficient (Wildman–Crippen LogP) is 3.32. The molecule has 0 radical (unpaired) electrons. The third-order valence-corrected chi connectivity index (χ3v) is 3.13. The Balaban J connectivity index is 2.03. The number of pyridine rings is 1. The molecule has 0 fully saturated rings. The number of aliphatic hydroxyl groups excluding tert-OH is 1. The summed E-state index contributed by atoms with van der Waals surface area (Å²) in [6, 6.07) is 11.2. The number of halogens is 1. The molecule has 1 aromatic carbocycles. The molecule has 1 atom stereocenters. The van der Waals surface area contributed by atoms with E-state index in [0.717, 1.165) is 24.2 Å². The Morgan fingerprint density at radius 3 is 2.85 bits per heavy atom. The van der Waals surface area contributed by atoms with E-state index in [9.17, 15) is 4.39 Å². The predicted molar refractivity (Wildman–Crippen MR) is 78.1 cm³/mol. The molecule has 2 N–H and O–H groups in total. The average molecular weight is 274 g/mol. The third kappa shape index (κ3) is 4.03. The van der Waals surface area contributed by atoms with Gasteiger partial charge in [0.2, 0.25) is 0 Å². The van der Waals surface area contributed by atoms with E-state index in [-0.39, 0.29) is 18.5 Å². The van der Waals surface area contributed by atoms with Crippen LogP contribution in [0.1, 0.15) is 30.6 Å². The second-order valence-electron chi connectivity index (χ2n) is 4.79. The lowest BCUT2D eigenvalue weighted by Gasteiger charge is -2.15. The standard InChI is InChI=1S/C16H19FN2O/c1-12(16-8-7-14(17)11-18-16)19-15-6-2-4-13(10-15)5-3-9-20/h2,4,6-8,10-12,19-20H,3,5,9H2,1H3. The van der Waals surface area contributed by atoms with E-state index in [1.54, 1.807) is 6.07 Å². The van der Waals surface area contributed by atoms with Crippen LogP contribution < -0.4 is 5.32 Å². The zero-order valence-electron chi connectivity index (χ0n) is 11.5. The molecule has 20 heavy (non-hydrogen) atoms. The number of anilines is 1. The lowest BCUT2D eigenvalue weighted by Crippen LogP contribution is -2.08. The molecule has 106 valence electrons. The first-order chi connectivity index (χ1) is 9.69. The van der Waals surface area contributed by atoms with Gasteiger partial charge < -0.3 is 10.4 Å². The molecule has 2 rings (SSSR count). The molecule has 0 bridgehead atoms. The Morgan fingerprint density at radius 2 is 2.15 bits per heavy atom. The molecule has 0 aliphatic rings. The summed E-state index contributed by atoms with van der Waals surface area (Å²) in [5, 5.41) is 12.2. The Hall–Kier alpha value is -1.94. The van der Waals surface area contributed by atoms with Gasteiger partial charge >= 0.3 is 0 Å². The number of aliphatic hydroxyl groups is 1. The van der Waals surface area contributed by atoms with Crippen molar-refractivity contribution < 1.29 is 9.50 Å². The average Bonchev–Trinajstić information content (AvgIpc) is 2.46. The molecule has 3 nitrogen and oxygen atoms in total. The zero-order valence-corrected chi connectivity index (χ0v) is 11.5. The van der Waals surface area contributed by atoms with Crippen molar-refractivity contribution in [1.82, 2.24) is 4.98 Å². The highest BCUT2D eigenvalue weighted by molar-refractivity contribution is 5.47. The Kier molecular flexibility index (Phi) is 5.07. The van der Waals surface area contributed by atoms with Crippen LogP contribution in [0.25, 0.3) is 0 Å². The first-order valence-electron chi connectivity index (χ1n) is 6.77. The third-order valence-electron chi connectivity index (χ3n) is 3.13. The van der Waals surface area contributed by atoms with Crippen molar-refractivity contribution in [3.8, 4) is 0 Å². The summed E-state index contributed by atoms with van der Waals surface area (Å²) in [5.41, 5.74) is 2.98. The first-order valence-corrected chi connectivity index (χ1v) is 6.77. The van der Waals surface area contributed by atoms with Crippen molar-refractivity contribution in [1.29, 1.82) is 0 Å². The number of nitrogens with one attached hydrogen (secondary N) is 1. The van der Waals surface area contributed by atoms with Gasteiger partial charge in [0.25, 0.3) is 0 Å². The Morgan fingerprint density at radius 1 is 1.30 bits per heavy atom. The van der Waals surface area contributed by atoms with E-state index in [4.69, 9.17) is 5.11 Å². The maximum Gasteiger partial charge on any atom is 0.141 e. The van der Waals surface area contributed by atoms with Crippen LogP contribution in [0.3, 0.4) is 0 Å². The molecule has 0 saturated carbocycles. The summed E-state index contributed by atoms with van der Waals surface area (Å²) in [6.07, 6.45) is 2.85. The van der Waals surface area contributed by atoms with Gasteiger partial charge in [-0.1, -0.05) is 12.1 Å². The number of hydrogen-bond donors (Lipinski definition) is 2. The van der Waals surface area contributed by atoms with Crippen LogP contribution in [0.5, 0.6) is 0 Å². The van der Waals surface area contributed by atoms with Crippen molar-refractivity contribution in [2.45, 2.75) is 25.8 Å². The zero-order chi connectivity index (χ0) is 14.4. The van der Waals surface area contributed by atoms with Crippen LogP contribution in [-0.2, 0) is 6.42 Å². The van der Waals surface area contributed by atoms with E-state index >= 15 is 0 Å². The van der Waals surface area contributed by atoms with Crippen LogP contribution in [0.2, 0.25) is 0 Å². The Labute approximate surface area is 118 Å². The lowest BCUT2D eigenvalue weighted by molar-refractivity contribution is 0.288. The summed E-state index contributed by atoms with van der Waals surface area (Å²) in [6.45, 7) is 2.19. The van der Waals surface area contributed by atoms with Crippen molar-refractivity contribution >= 4 is 5.69 Å². The molecule has 0 amide bonds. The number of aryl methyl sites for hydroxylation is 1.